The molecule has 112 valence electrons. The molecular formula is C16H24FNO2. The third-order valence-electron chi connectivity index (χ3n) is 3.75. The molecule has 1 heterocycles. The molecule has 0 aromatic heterocycles. The molecule has 1 fully saturated rings. The van der Waals surface area contributed by atoms with Crippen molar-refractivity contribution in [3.05, 3.63) is 35.6 Å². The average Bonchev–Trinajstić information content (AvgIpc) is 2.94. The number of nitrogens with zero attached hydrogens (tertiary/aromatic N) is 1. The maximum atomic E-state index is 12.9. The summed E-state index contributed by atoms with van der Waals surface area (Å²) in [6, 6.07) is 6.57. The van der Waals surface area contributed by atoms with Crippen molar-refractivity contribution < 1.29 is 14.2 Å². The van der Waals surface area contributed by atoms with Crippen LogP contribution < -0.4 is 0 Å². The first-order valence-electron chi connectivity index (χ1n) is 7.44. The van der Waals surface area contributed by atoms with E-state index < -0.39 is 0 Å². The molecule has 1 aliphatic heterocycles. The minimum Gasteiger partial charge on any atom is -0.392 e. The number of aliphatic hydroxyl groups excluding tert-OH is 1. The predicted molar refractivity (Wildman–Crippen MR) is 76.9 cm³/mol. The molecule has 1 saturated heterocycles. The van der Waals surface area contributed by atoms with E-state index in [9.17, 15) is 9.50 Å². The molecule has 1 N–H and O–H groups in total. The van der Waals surface area contributed by atoms with Crippen LogP contribution in [-0.4, -0.2) is 41.9 Å². The zero-order valence-electron chi connectivity index (χ0n) is 12.1. The van der Waals surface area contributed by atoms with Crippen LogP contribution in [0.3, 0.4) is 0 Å². The average molecular weight is 281 g/mol. The van der Waals surface area contributed by atoms with Gasteiger partial charge in [0.05, 0.1) is 12.2 Å². The van der Waals surface area contributed by atoms with Crippen molar-refractivity contribution in [1.29, 1.82) is 0 Å². The highest BCUT2D eigenvalue weighted by atomic mass is 19.1. The van der Waals surface area contributed by atoms with Gasteiger partial charge in [0.1, 0.15) is 5.82 Å². The van der Waals surface area contributed by atoms with Gasteiger partial charge in [0, 0.05) is 26.2 Å². The van der Waals surface area contributed by atoms with Crippen LogP contribution in [0.2, 0.25) is 0 Å². The van der Waals surface area contributed by atoms with Crippen molar-refractivity contribution in [2.24, 2.45) is 0 Å². The molecule has 2 rings (SSSR count). The Hall–Kier alpha value is -0.970. The summed E-state index contributed by atoms with van der Waals surface area (Å²) in [6.45, 7) is 5.00. The standard InChI is InChI=1S/C16H24FNO2/c1-2-15(19)11-18(12-16-4-3-9-20-16)10-13-5-7-14(17)8-6-13/h5-8,15-16,19H,2-4,9-12H2,1H3/t15-,16+/m1/s1. The summed E-state index contributed by atoms with van der Waals surface area (Å²) in [7, 11) is 0. The Kier molecular flexibility index (Phi) is 5.95. The highest BCUT2D eigenvalue weighted by molar-refractivity contribution is 5.15. The second kappa shape index (κ2) is 7.72. The number of rotatable bonds is 7. The molecule has 1 aromatic rings. The summed E-state index contributed by atoms with van der Waals surface area (Å²) in [5.74, 6) is -0.215. The Morgan fingerprint density at radius 1 is 1.40 bits per heavy atom. The number of ether oxygens (including phenoxy) is 1. The van der Waals surface area contributed by atoms with Gasteiger partial charge in [0.25, 0.3) is 0 Å². The number of hydrogen-bond donors (Lipinski definition) is 1. The number of halogens is 1. The summed E-state index contributed by atoms with van der Waals surface area (Å²) in [5.41, 5.74) is 1.06. The molecule has 0 radical (unpaired) electrons. The molecule has 0 bridgehead atoms. The predicted octanol–water partition coefficient (Wildman–Crippen LogP) is 2.58. The summed E-state index contributed by atoms with van der Waals surface area (Å²) < 4.78 is 18.6. The van der Waals surface area contributed by atoms with Crippen molar-refractivity contribution in [3.63, 3.8) is 0 Å². The Bertz CT molecular complexity index is 390. The fourth-order valence-corrected chi connectivity index (χ4v) is 2.56. The quantitative estimate of drug-likeness (QED) is 0.834. The third kappa shape index (κ3) is 4.85. The maximum absolute atomic E-state index is 12.9. The van der Waals surface area contributed by atoms with E-state index in [1.807, 2.05) is 6.92 Å². The molecule has 4 heteroatoms. The van der Waals surface area contributed by atoms with Gasteiger partial charge in [-0.2, -0.15) is 0 Å². The van der Waals surface area contributed by atoms with Crippen LogP contribution in [0.1, 0.15) is 31.7 Å². The van der Waals surface area contributed by atoms with Gasteiger partial charge in [-0.25, -0.2) is 4.39 Å². The van der Waals surface area contributed by atoms with E-state index in [4.69, 9.17) is 4.74 Å². The van der Waals surface area contributed by atoms with E-state index in [2.05, 4.69) is 4.90 Å². The Morgan fingerprint density at radius 2 is 2.15 bits per heavy atom. The van der Waals surface area contributed by atoms with E-state index in [-0.39, 0.29) is 18.0 Å². The van der Waals surface area contributed by atoms with Crippen molar-refractivity contribution in [1.82, 2.24) is 4.90 Å². The highest BCUT2D eigenvalue weighted by Gasteiger charge is 2.20. The first kappa shape index (κ1) is 15.4. The minimum atomic E-state index is -0.322. The minimum absolute atomic E-state index is 0.215. The number of aliphatic hydroxyl groups is 1. The molecular weight excluding hydrogens is 257 g/mol. The SMILES string of the molecule is CC[C@@H](O)CN(Cc1ccc(F)cc1)C[C@@H]1CCCO1. The summed E-state index contributed by atoms with van der Waals surface area (Å²) in [6.07, 6.45) is 2.88. The lowest BCUT2D eigenvalue weighted by molar-refractivity contribution is 0.0455. The zero-order valence-corrected chi connectivity index (χ0v) is 12.1. The largest absolute Gasteiger partial charge is 0.392 e. The van der Waals surface area contributed by atoms with Crippen LogP contribution in [0.4, 0.5) is 4.39 Å². The zero-order chi connectivity index (χ0) is 14.4. The van der Waals surface area contributed by atoms with Crippen molar-refractivity contribution in [2.75, 3.05) is 19.7 Å². The van der Waals surface area contributed by atoms with Crippen LogP contribution in [0, 0.1) is 5.82 Å². The van der Waals surface area contributed by atoms with Gasteiger partial charge < -0.3 is 9.84 Å². The summed E-state index contributed by atoms with van der Waals surface area (Å²) in [5, 5.41) is 9.88. The Balaban J connectivity index is 1.95. The van der Waals surface area contributed by atoms with Gasteiger partial charge in [-0.05, 0) is 37.0 Å². The molecule has 0 aliphatic carbocycles. The van der Waals surface area contributed by atoms with Crippen molar-refractivity contribution in [3.8, 4) is 0 Å². The Morgan fingerprint density at radius 3 is 2.75 bits per heavy atom. The second-order valence-corrected chi connectivity index (χ2v) is 5.52. The topological polar surface area (TPSA) is 32.7 Å². The summed E-state index contributed by atoms with van der Waals surface area (Å²) >= 11 is 0. The Labute approximate surface area is 120 Å². The van der Waals surface area contributed by atoms with E-state index in [0.717, 1.165) is 44.5 Å². The first-order chi connectivity index (χ1) is 9.67. The van der Waals surface area contributed by atoms with Crippen LogP contribution in [0.15, 0.2) is 24.3 Å². The molecule has 20 heavy (non-hydrogen) atoms. The fraction of sp³-hybridized carbons (Fsp3) is 0.625. The van der Waals surface area contributed by atoms with E-state index in [0.29, 0.717) is 6.54 Å². The molecule has 0 saturated carbocycles. The fourth-order valence-electron chi connectivity index (χ4n) is 2.56. The highest BCUT2D eigenvalue weighted by Crippen LogP contribution is 2.16. The first-order valence-corrected chi connectivity index (χ1v) is 7.44. The third-order valence-corrected chi connectivity index (χ3v) is 3.75. The van der Waals surface area contributed by atoms with Gasteiger partial charge in [0.15, 0.2) is 0 Å². The van der Waals surface area contributed by atoms with E-state index in [1.165, 1.54) is 12.1 Å². The molecule has 0 unspecified atom stereocenters. The van der Waals surface area contributed by atoms with E-state index >= 15 is 0 Å². The lowest BCUT2D eigenvalue weighted by Crippen LogP contribution is -2.37. The van der Waals surface area contributed by atoms with Crippen LogP contribution >= 0.6 is 0 Å². The van der Waals surface area contributed by atoms with Crippen LogP contribution in [0.5, 0.6) is 0 Å². The van der Waals surface area contributed by atoms with Crippen molar-refractivity contribution >= 4 is 0 Å². The van der Waals surface area contributed by atoms with Gasteiger partial charge >= 0.3 is 0 Å². The molecule has 3 nitrogen and oxygen atoms in total. The molecule has 0 amide bonds. The number of benzene rings is 1. The normalized spacial score (nSPS) is 20.5. The molecule has 0 spiro atoms. The smallest absolute Gasteiger partial charge is 0.123 e. The molecule has 1 aliphatic rings. The lowest BCUT2D eigenvalue weighted by atomic mass is 10.1. The maximum Gasteiger partial charge on any atom is 0.123 e. The number of hydrogen-bond acceptors (Lipinski definition) is 3. The summed E-state index contributed by atoms with van der Waals surface area (Å²) in [4.78, 5) is 2.21. The van der Waals surface area contributed by atoms with Crippen molar-refractivity contribution in [2.45, 2.75) is 44.9 Å². The van der Waals surface area contributed by atoms with Crippen LogP contribution in [-0.2, 0) is 11.3 Å². The van der Waals surface area contributed by atoms with Gasteiger partial charge in [-0.15, -0.1) is 0 Å². The van der Waals surface area contributed by atoms with Gasteiger partial charge in [-0.3, -0.25) is 4.90 Å². The molecule has 1 aromatic carbocycles. The second-order valence-electron chi connectivity index (χ2n) is 5.52. The molecule has 2 atom stereocenters. The monoisotopic (exact) mass is 281 g/mol. The van der Waals surface area contributed by atoms with Gasteiger partial charge in [-0.1, -0.05) is 19.1 Å². The van der Waals surface area contributed by atoms with Gasteiger partial charge in [0.2, 0.25) is 0 Å². The van der Waals surface area contributed by atoms with Crippen LogP contribution in [0.25, 0.3) is 0 Å². The van der Waals surface area contributed by atoms with E-state index in [1.54, 1.807) is 12.1 Å². The lowest BCUT2D eigenvalue weighted by Gasteiger charge is -2.27.